The molecule has 1 amide bonds. The topological polar surface area (TPSA) is 80.5 Å². The number of carbonyl (C=O) groups excluding carboxylic acids is 1. The van der Waals surface area contributed by atoms with Gasteiger partial charge in [-0.2, -0.15) is 0 Å². The second-order valence-corrected chi connectivity index (χ2v) is 7.35. The molecule has 6 heteroatoms. The number of hydrogen-bond acceptors (Lipinski definition) is 5. The van der Waals surface area contributed by atoms with E-state index >= 15 is 0 Å². The highest BCUT2D eigenvalue weighted by molar-refractivity contribution is 5.92. The lowest BCUT2D eigenvalue weighted by Crippen LogP contribution is -2.40. The van der Waals surface area contributed by atoms with Crippen molar-refractivity contribution >= 4 is 22.5 Å². The standard InChI is InChI=1S/C23H26N4O2/c24-11-15-27-13-9-17(10-14-27)23(28)26-18-4-3-5-19(16-18)29-22-8-12-25-21-7-2-1-6-20(21)22/h1-8,12,16-17H,9-11,13-15,24H2,(H,26,28). The number of piperidine rings is 1. The first-order valence-electron chi connectivity index (χ1n) is 10.1. The molecule has 150 valence electrons. The van der Waals surface area contributed by atoms with Gasteiger partial charge in [0, 0.05) is 42.3 Å². The number of carbonyl (C=O) groups is 1. The molecule has 0 bridgehead atoms. The number of ether oxygens (including phenoxy) is 1. The van der Waals surface area contributed by atoms with Crippen LogP contribution in [0.3, 0.4) is 0 Å². The molecule has 1 aromatic heterocycles. The Bertz CT molecular complexity index is 978. The first-order valence-corrected chi connectivity index (χ1v) is 10.1. The number of aromatic nitrogens is 1. The van der Waals surface area contributed by atoms with Gasteiger partial charge in [0.1, 0.15) is 11.5 Å². The molecule has 2 heterocycles. The quantitative estimate of drug-likeness (QED) is 0.672. The summed E-state index contributed by atoms with van der Waals surface area (Å²) in [7, 11) is 0. The molecule has 0 saturated carbocycles. The molecule has 0 spiro atoms. The molecule has 4 rings (SSSR count). The Balaban J connectivity index is 1.42. The van der Waals surface area contributed by atoms with Gasteiger partial charge < -0.3 is 20.7 Å². The monoisotopic (exact) mass is 390 g/mol. The van der Waals surface area contributed by atoms with Crippen molar-refractivity contribution in [2.24, 2.45) is 11.7 Å². The van der Waals surface area contributed by atoms with E-state index in [2.05, 4.69) is 15.2 Å². The third kappa shape index (κ3) is 4.72. The van der Waals surface area contributed by atoms with Gasteiger partial charge in [-0.1, -0.05) is 18.2 Å². The van der Waals surface area contributed by atoms with Crippen molar-refractivity contribution in [3.05, 3.63) is 60.8 Å². The van der Waals surface area contributed by atoms with Gasteiger partial charge in [-0.15, -0.1) is 0 Å². The predicted octanol–water partition coefficient (Wildman–Crippen LogP) is 3.64. The number of amides is 1. The van der Waals surface area contributed by atoms with Crippen molar-refractivity contribution < 1.29 is 9.53 Å². The first kappa shape index (κ1) is 19.4. The van der Waals surface area contributed by atoms with E-state index < -0.39 is 0 Å². The highest BCUT2D eigenvalue weighted by Gasteiger charge is 2.24. The molecular formula is C23H26N4O2. The number of rotatable bonds is 6. The lowest BCUT2D eigenvalue weighted by atomic mass is 9.96. The van der Waals surface area contributed by atoms with E-state index in [-0.39, 0.29) is 11.8 Å². The van der Waals surface area contributed by atoms with E-state index in [1.807, 2.05) is 54.6 Å². The number of nitrogens with zero attached hydrogens (tertiary/aromatic N) is 2. The third-order valence-electron chi connectivity index (χ3n) is 5.34. The van der Waals surface area contributed by atoms with E-state index in [1.165, 1.54) is 0 Å². The van der Waals surface area contributed by atoms with Crippen LogP contribution in [0.1, 0.15) is 12.8 Å². The Kier molecular flexibility index (Phi) is 6.03. The Hall–Kier alpha value is -2.96. The normalized spacial score (nSPS) is 15.3. The number of nitrogens with one attached hydrogen (secondary N) is 1. The minimum Gasteiger partial charge on any atom is -0.457 e. The van der Waals surface area contributed by atoms with Crippen LogP contribution in [0.4, 0.5) is 5.69 Å². The molecule has 1 fully saturated rings. The average molecular weight is 390 g/mol. The molecule has 29 heavy (non-hydrogen) atoms. The van der Waals surface area contributed by atoms with Crippen LogP contribution in [0.5, 0.6) is 11.5 Å². The van der Waals surface area contributed by atoms with Crippen LogP contribution in [0, 0.1) is 5.92 Å². The zero-order valence-electron chi connectivity index (χ0n) is 16.4. The highest BCUT2D eigenvalue weighted by Crippen LogP contribution is 2.30. The Labute approximate surface area is 170 Å². The zero-order valence-corrected chi connectivity index (χ0v) is 16.4. The van der Waals surface area contributed by atoms with E-state index in [4.69, 9.17) is 10.5 Å². The maximum atomic E-state index is 12.7. The molecule has 2 aromatic carbocycles. The van der Waals surface area contributed by atoms with Crippen molar-refractivity contribution in [3.8, 4) is 11.5 Å². The average Bonchev–Trinajstić information content (AvgIpc) is 2.75. The molecule has 0 atom stereocenters. The van der Waals surface area contributed by atoms with E-state index in [1.54, 1.807) is 6.20 Å². The fourth-order valence-electron chi connectivity index (χ4n) is 3.77. The summed E-state index contributed by atoms with van der Waals surface area (Å²) in [5.41, 5.74) is 7.25. The second kappa shape index (κ2) is 9.03. The summed E-state index contributed by atoms with van der Waals surface area (Å²) in [6, 6.07) is 17.2. The molecule has 1 saturated heterocycles. The fraction of sp³-hybridized carbons (Fsp3) is 0.304. The Morgan fingerprint density at radius 1 is 1.14 bits per heavy atom. The predicted molar refractivity (Wildman–Crippen MR) is 115 cm³/mol. The van der Waals surface area contributed by atoms with Crippen molar-refractivity contribution in [1.29, 1.82) is 0 Å². The minimum atomic E-state index is 0.0396. The number of anilines is 1. The van der Waals surface area contributed by atoms with Gasteiger partial charge in [0.15, 0.2) is 0 Å². The van der Waals surface area contributed by atoms with Crippen LogP contribution in [0.2, 0.25) is 0 Å². The molecule has 0 aliphatic carbocycles. The SMILES string of the molecule is NCCN1CCC(C(=O)Nc2cccc(Oc3ccnc4ccccc34)c2)CC1. The minimum absolute atomic E-state index is 0.0396. The van der Waals surface area contributed by atoms with Gasteiger partial charge >= 0.3 is 0 Å². The van der Waals surface area contributed by atoms with Crippen molar-refractivity contribution in [1.82, 2.24) is 9.88 Å². The number of nitrogens with two attached hydrogens (primary N) is 1. The van der Waals surface area contributed by atoms with Crippen LogP contribution in [0.15, 0.2) is 60.8 Å². The highest BCUT2D eigenvalue weighted by atomic mass is 16.5. The zero-order chi connectivity index (χ0) is 20.1. The van der Waals surface area contributed by atoms with Crippen molar-refractivity contribution in [2.75, 3.05) is 31.5 Å². The van der Waals surface area contributed by atoms with Gasteiger partial charge in [0.05, 0.1) is 5.52 Å². The van der Waals surface area contributed by atoms with Crippen LogP contribution in [-0.2, 0) is 4.79 Å². The van der Waals surface area contributed by atoms with Crippen molar-refractivity contribution in [3.63, 3.8) is 0 Å². The molecule has 3 N–H and O–H groups in total. The van der Waals surface area contributed by atoms with E-state index in [0.717, 1.165) is 54.8 Å². The molecule has 6 nitrogen and oxygen atoms in total. The van der Waals surface area contributed by atoms with Crippen LogP contribution < -0.4 is 15.8 Å². The van der Waals surface area contributed by atoms with Crippen molar-refractivity contribution in [2.45, 2.75) is 12.8 Å². The second-order valence-electron chi connectivity index (χ2n) is 7.35. The first-order chi connectivity index (χ1) is 14.2. The number of benzene rings is 2. The molecule has 3 aromatic rings. The molecule has 1 aliphatic rings. The summed E-state index contributed by atoms with van der Waals surface area (Å²) in [5, 5.41) is 4.00. The Morgan fingerprint density at radius 2 is 1.97 bits per heavy atom. The smallest absolute Gasteiger partial charge is 0.227 e. The molecule has 1 aliphatic heterocycles. The molecule has 0 unspecified atom stereocenters. The van der Waals surface area contributed by atoms with E-state index in [0.29, 0.717) is 12.3 Å². The van der Waals surface area contributed by atoms with Gasteiger partial charge in [0.2, 0.25) is 5.91 Å². The molecule has 0 radical (unpaired) electrons. The largest absolute Gasteiger partial charge is 0.457 e. The number of likely N-dealkylation sites (tertiary alicyclic amines) is 1. The fourth-order valence-corrected chi connectivity index (χ4v) is 3.77. The summed E-state index contributed by atoms with van der Waals surface area (Å²) >= 11 is 0. The maximum Gasteiger partial charge on any atom is 0.227 e. The maximum absolute atomic E-state index is 12.7. The number of fused-ring (bicyclic) bond motifs is 1. The van der Waals surface area contributed by atoms with Gasteiger partial charge in [-0.3, -0.25) is 9.78 Å². The third-order valence-corrected chi connectivity index (χ3v) is 5.34. The van der Waals surface area contributed by atoms with E-state index in [9.17, 15) is 4.79 Å². The lowest BCUT2D eigenvalue weighted by molar-refractivity contribution is -0.121. The summed E-state index contributed by atoms with van der Waals surface area (Å²) < 4.78 is 6.09. The van der Waals surface area contributed by atoms with Crippen LogP contribution in [0.25, 0.3) is 10.9 Å². The summed E-state index contributed by atoms with van der Waals surface area (Å²) in [5.74, 6) is 1.53. The van der Waals surface area contributed by atoms with Crippen LogP contribution >= 0.6 is 0 Å². The summed E-state index contributed by atoms with van der Waals surface area (Å²) in [6.45, 7) is 3.41. The molecular weight excluding hydrogens is 364 g/mol. The van der Waals surface area contributed by atoms with Gasteiger partial charge in [-0.05, 0) is 56.3 Å². The Morgan fingerprint density at radius 3 is 2.79 bits per heavy atom. The summed E-state index contributed by atoms with van der Waals surface area (Å²) in [4.78, 5) is 19.4. The summed E-state index contributed by atoms with van der Waals surface area (Å²) in [6.07, 6.45) is 3.47. The number of pyridine rings is 1. The number of para-hydroxylation sites is 1. The lowest BCUT2D eigenvalue weighted by Gasteiger charge is -2.30. The van der Waals surface area contributed by atoms with Gasteiger partial charge in [0.25, 0.3) is 0 Å². The van der Waals surface area contributed by atoms with Crippen LogP contribution in [-0.4, -0.2) is 42.0 Å². The van der Waals surface area contributed by atoms with Gasteiger partial charge in [-0.25, -0.2) is 0 Å². The number of hydrogen-bond donors (Lipinski definition) is 2.